The van der Waals surface area contributed by atoms with Crippen LogP contribution in [0.3, 0.4) is 0 Å². The first-order chi connectivity index (χ1) is 7.83. The van der Waals surface area contributed by atoms with Crippen LogP contribution >= 0.6 is 0 Å². The molecule has 1 unspecified atom stereocenters. The van der Waals surface area contributed by atoms with Gasteiger partial charge in [-0.05, 0) is 24.6 Å². The second-order valence-corrected chi connectivity index (χ2v) is 4.05. The molecule has 1 N–H and O–H groups in total. The number of hydrogen-bond donors (Lipinski definition) is 1. The van der Waals surface area contributed by atoms with E-state index in [1.54, 1.807) is 0 Å². The molecule has 2 aromatic carbocycles. The van der Waals surface area contributed by atoms with Gasteiger partial charge >= 0.3 is 0 Å². The maximum Gasteiger partial charge on any atom is 0.196 e. The normalized spacial score (nSPS) is 17.4. The second-order valence-electron chi connectivity index (χ2n) is 4.05. The Morgan fingerprint density at radius 3 is 2.69 bits per heavy atom. The lowest BCUT2D eigenvalue weighted by atomic mass is 10.2. The molecule has 0 spiro atoms. The fraction of sp³-hybridized carbons (Fsp3) is 0.143. The van der Waals surface area contributed by atoms with Crippen LogP contribution in [0.2, 0.25) is 0 Å². The summed E-state index contributed by atoms with van der Waals surface area (Å²) in [5.41, 5.74) is 3.47. The Hall–Kier alpha value is -1.96. The van der Waals surface area contributed by atoms with Gasteiger partial charge in [-0.3, -0.25) is 0 Å². The van der Waals surface area contributed by atoms with E-state index in [2.05, 4.69) is 36.5 Å². The number of ether oxygens (including phenoxy) is 1. The number of anilines is 1. The van der Waals surface area contributed by atoms with Crippen LogP contribution in [0.1, 0.15) is 17.4 Å². The van der Waals surface area contributed by atoms with Crippen molar-refractivity contribution in [3.63, 3.8) is 0 Å². The van der Waals surface area contributed by atoms with Crippen molar-refractivity contribution in [2.24, 2.45) is 0 Å². The molecule has 0 amide bonds. The van der Waals surface area contributed by atoms with Crippen LogP contribution in [0, 0.1) is 6.92 Å². The molecule has 1 heterocycles. The molecular formula is C14H13NO. The third kappa shape index (κ3) is 1.52. The van der Waals surface area contributed by atoms with E-state index in [-0.39, 0.29) is 6.23 Å². The van der Waals surface area contributed by atoms with Crippen molar-refractivity contribution in [3.8, 4) is 5.75 Å². The fourth-order valence-corrected chi connectivity index (χ4v) is 1.94. The van der Waals surface area contributed by atoms with Gasteiger partial charge in [-0.2, -0.15) is 0 Å². The van der Waals surface area contributed by atoms with Gasteiger partial charge in [-0.15, -0.1) is 0 Å². The highest BCUT2D eigenvalue weighted by atomic mass is 16.5. The van der Waals surface area contributed by atoms with Crippen molar-refractivity contribution in [1.29, 1.82) is 0 Å². The van der Waals surface area contributed by atoms with Crippen LogP contribution in [0.5, 0.6) is 5.75 Å². The smallest absolute Gasteiger partial charge is 0.196 e. The van der Waals surface area contributed by atoms with Crippen molar-refractivity contribution in [2.45, 2.75) is 13.2 Å². The number of nitrogens with one attached hydrogen (secondary N) is 1. The third-order valence-corrected chi connectivity index (χ3v) is 2.77. The summed E-state index contributed by atoms with van der Waals surface area (Å²) in [4.78, 5) is 0. The molecular weight excluding hydrogens is 198 g/mol. The lowest BCUT2D eigenvalue weighted by Crippen LogP contribution is -2.09. The highest BCUT2D eigenvalue weighted by Crippen LogP contribution is 2.37. The van der Waals surface area contributed by atoms with Crippen molar-refractivity contribution >= 4 is 5.69 Å². The van der Waals surface area contributed by atoms with Gasteiger partial charge in [0.05, 0.1) is 5.69 Å². The molecule has 0 aromatic heterocycles. The van der Waals surface area contributed by atoms with Crippen LogP contribution in [0.4, 0.5) is 5.69 Å². The Kier molecular flexibility index (Phi) is 2.07. The van der Waals surface area contributed by atoms with Gasteiger partial charge in [-0.25, -0.2) is 0 Å². The third-order valence-electron chi connectivity index (χ3n) is 2.77. The van der Waals surface area contributed by atoms with Gasteiger partial charge < -0.3 is 10.1 Å². The molecule has 0 bridgehead atoms. The standard InChI is InChI=1S/C14H13NO/c1-10-7-8-13-12(9-10)15-14(16-13)11-5-3-2-4-6-11/h2-9,14-15H,1H3. The first kappa shape index (κ1) is 9.28. The first-order valence-electron chi connectivity index (χ1n) is 5.42. The molecule has 2 aromatic rings. The average molecular weight is 211 g/mol. The highest BCUT2D eigenvalue weighted by molar-refractivity contribution is 5.62. The minimum atomic E-state index is -0.0574. The van der Waals surface area contributed by atoms with Gasteiger partial charge in [0.1, 0.15) is 5.75 Å². The maximum atomic E-state index is 5.84. The summed E-state index contributed by atoms with van der Waals surface area (Å²) < 4.78 is 5.84. The van der Waals surface area contributed by atoms with E-state index in [1.165, 1.54) is 5.56 Å². The van der Waals surface area contributed by atoms with E-state index < -0.39 is 0 Å². The van der Waals surface area contributed by atoms with Crippen LogP contribution < -0.4 is 10.1 Å². The molecule has 0 saturated heterocycles. The maximum absolute atomic E-state index is 5.84. The summed E-state index contributed by atoms with van der Waals surface area (Å²) in [5.74, 6) is 0.930. The fourth-order valence-electron chi connectivity index (χ4n) is 1.94. The lowest BCUT2D eigenvalue weighted by molar-refractivity contribution is 0.260. The minimum absolute atomic E-state index is 0.0574. The number of hydrogen-bond acceptors (Lipinski definition) is 2. The Morgan fingerprint density at radius 2 is 1.88 bits per heavy atom. The highest BCUT2D eigenvalue weighted by Gasteiger charge is 2.22. The van der Waals surface area contributed by atoms with Crippen LogP contribution in [0.15, 0.2) is 48.5 Å². The molecule has 2 heteroatoms. The van der Waals surface area contributed by atoms with Crippen molar-refractivity contribution in [2.75, 3.05) is 5.32 Å². The van der Waals surface area contributed by atoms with E-state index in [0.717, 1.165) is 17.0 Å². The predicted molar refractivity (Wildman–Crippen MR) is 64.6 cm³/mol. The van der Waals surface area contributed by atoms with Crippen molar-refractivity contribution in [3.05, 3.63) is 59.7 Å². The molecule has 3 rings (SSSR count). The van der Waals surface area contributed by atoms with Gasteiger partial charge in [0, 0.05) is 5.56 Å². The van der Waals surface area contributed by atoms with Crippen LogP contribution in [-0.4, -0.2) is 0 Å². The summed E-state index contributed by atoms with van der Waals surface area (Å²) in [5, 5.41) is 3.37. The molecule has 0 aliphatic carbocycles. The first-order valence-corrected chi connectivity index (χ1v) is 5.42. The van der Waals surface area contributed by atoms with Crippen molar-refractivity contribution < 1.29 is 4.74 Å². The zero-order valence-corrected chi connectivity index (χ0v) is 9.10. The zero-order valence-electron chi connectivity index (χ0n) is 9.10. The van der Waals surface area contributed by atoms with Gasteiger partial charge in [0.25, 0.3) is 0 Å². The number of rotatable bonds is 1. The molecule has 0 radical (unpaired) electrons. The Labute approximate surface area is 94.9 Å². The number of aryl methyl sites for hydroxylation is 1. The summed E-state index contributed by atoms with van der Waals surface area (Å²) in [6.07, 6.45) is -0.0574. The topological polar surface area (TPSA) is 21.3 Å². The zero-order chi connectivity index (χ0) is 11.0. The SMILES string of the molecule is Cc1ccc2c(c1)NC(c1ccccc1)O2. The Bertz CT molecular complexity index is 507. The second kappa shape index (κ2) is 3.56. The molecule has 1 aliphatic rings. The Balaban J connectivity index is 1.91. The number of benzene rings is 2. The summed E-state index contributed by atoms with van der Waals surface area (Å²) >= 11 is 0. The predicted octanol–water partition coefficient (Wildman–Crippen LogP) is 3.50. The lowest BCUT2D eigenvalue weighted by Gasteiger charge is -2.10. The van der Waals surface area contributed by atoms with Crippen LogP contribution in [0.25, 0.3) is 0 Å². The van der Waals surface area contributed by atoms with E-state index in [4.69, 9.17) is 4.74 Å². The summed E-state index contributed by atoms with van der Waals surface area (Å²) in [7, 11) is 0. The van der Waals surface area contributed by atoms with Crippen molar-refractivity contribution in [1.82, 2.24) is 0 Å². The molecule has 2 nitrogen and oxygen atoms in total. The van der Waals surface area contributed by atoms with E-state index in [9.17, 15) is 0 Å². The quantitative estimate of drug-likeness (QED) is 0.779. The molecule has 16 heavy (non-hydrogen) atoms. The Morgan fingerprint density at radius 1 is 1.06 bits per heavy atom. The van der Waals surface area contributed by atoms with E-state index in [0.29, 0.717) is 0 Å². The average Bonchev–Trinajstić information content (AvgIpc) is 2.73. The molecule has 0 saturated carbocycles. The van der Waals surface area contributed by atoms with Crippen LogP contribution in [-0.2, 0) is 0 Å². The monoisotopic (exact) mass is 211 g/mol. The molecule has 1 aliphatic heterocycles. The van der Waals surface area contributed by atoms with Gasteiger partial charge in [0.2, 0.25) is 0 Å². The van der Waals surface area contributed by atoms with E-state index >= 15 is 0 Å². The van der Waals surface area contributed by atoms with Gasteiger partial charge in [-0.1, -0.05) is 36.4 Å². The largest absolute Gasteiger partial charge is 0.464 e. The molecule has 80 valence electrons. The molecule has 1 atom stereocenters. The molecule has 0 fully saturated rings. The van der Waals surface area contributed by atoms with E-state index in [1.807, 2.05) is 24.3 Å². The summed E-state index contributed by atoms with van der Waals surface area (Å²) in [6, 6.07) is 16.4. The minimum Gasteiger partial charge on any atom is -0.464 e. The number of fused-ring (bicyclic) bond motifs is 1. The summed E-state index contributed by atoms with van der Waals surface area (Å²) in [6.45, 7) is 2.08. The van der Waals surface area contributed by atoms with Gasteiger partial charge in [0.15, 0.2) is 6.23 Å².